The highest BCUT2D eigenvalue weighted by molar-refractivity contribution is 5.85. The average Bonchev–Trinajstić information content (AvgIpc) is 3.17. The van der Waals surface area contributed by atoms with Crippen LogP contribution in [0.15, 0.2) is 30.6 Å². The molecule has 1 saturated heterocycles. The molecule has 0 bridgehead atoms. The van der Waals surface area contributed by atoms with Gasteiger partial charge in [-0.1, -0.05) is 0 Å². The van der Waals surface area contributed by atoms with Crippen LogP contribution in [0.1, 0.15) is 17.7 Å². The number of aromatic nitrogens is 3. The van der Waals surface area contributed by atoms with Crippen LogP contribution in [0.25, 0.3) is 22.3 Å². The number of amides is 1. The highest BCUT2D eigenvalue weighted by Gasteiger charge is 2.35. The number of hydrogen-bond donors (Lipinski definition) is 1. The summed E-state index contributed by atoms with van der Waals surface area (Å²) in [5.41, 5.74) is 0.538. The molecule has 3 aromatic rings. The van der Waals surface area contributed by atoms with Crippen LogP contribution < -0.4 is 10.1 Å². The molecule has 4 rings (SSSR count). The van der Waals surface area contributed by atoms with Crippen LogP contribution in [0.2, 0.25) is 0 Å². The molecule has 1 aromatic carbocycles. The van der Waals surface area contributed by atoms with Crippen molar-refractivity contribution in [3.05, 3.63) is 41.9 Å². The molecule has 0 spiro atoms. The minimum absolute atomic E-state index is 0. The Labute approximate surface area is 199 Å². The first kappa shape index (κ1) is 25.3. The van der Waals surface area contributed by atoms with Crippen LogP contribution in [-0.2, 0) is 18.0 Å². The topological polar surface area (TPSA) is 96.1 Å². The van der Waals surface area contributed by atoms with Gasteiger partial charge in [0.25, 0.3) is 0 Å². The summed E-state index contributed by atoms with van der Waals surface area (Å²) in [6, 6.07) is 7.26. The van der Waals surface area contributed by atoms with E-state index in [1.165, 1.54) is 18.5 Å². The van der Waals surface area contributed by atoms with Crippen molar-refractivity contribution in [2.45, 2.75) is 12.6 Å². The summed E-state index contributed by atoms with van der Waals surface area (Å²) >= 11 is 0. The number of ether oxygens (including phenoxy) is 1. The van der Waals surface area contributed by atoms with Gasteiger partial charge in [0.1, 0.15) is 17.3 Å². The summed E-state index contributed by atoms with van der Waals surface area (Å²) in [7, 11) is 1.73. The molecule has 0 saturated carbocycles. The lowest BCUT2D eigenvalue weighted by Gasteiger charge is -2.27. The van der Waals surface area contributed by atoms with Crippen molar-refractivity contribution >= 4 is 29.3 Å². The maximum absolute atomic E-state index is 13.8. The first-order valence-corrected chi connectivity index (χ1v) is 10.3. The fourth-order valence-corrected chi connectivity index (χ4v) is 3.71. The lowest BCUT2D eigenvalue weighted by atomic mass is 10.1. The summed E-state index contributed by atoms with van der Waals surface area (Å²) in [6.07, 6.45) is -2.72. The van der Waals surface area contributed by atoms with Gasteiger partial charge in [-0.3, -0.25) is 4.79 Å². The zero-order chi connectivity index (χ0) is 23.6. The van der Waals surface area contributed by atoms with Gasteiger partial charge in [-0.15, -0.1) is 12.4 Å². The maximum atomic E-state index is 13.8. The lowest BCUT2D eigenvalue weighted by molar-refractivity contribution is -0.138. The number of nitrogens with one attached hydrogen (secondary N) is 1. The van der Waals surface area contributed by atoms with Crippen molar-refractivity contribution in [3.63, 3.8) is 0 Å². The third-order valence-electron chi connectivity index (χ3n) is 5.42. The van der Waals surface area contributed by atoms with Gasteiger partial charge in [0.05, 0.1) is 36.3 Å². The van der Waals surface area contributed by atoms with Crippen LogP contribution in [0.3, 0.4) is 0 Å². The van der Waals surface area contributed by atoms with Crippen molar-refractivity contribution in [3.8, 4) is 23.1 Å². The Balaban J connectivity index is 0.00000324. The summed E-state index contributed by atoms with van der Waals surface area (Å²) in [5.74, 6) is -0.323. The third-order valence-corrected chi connectivity index (χ3v) is 5.42. The molecule has 1 N–H and O–H groups in total. The Morgan fingerprint density at radius 2 is 2.09 bits per heavy atom. The Morgan fingerprint density at radius 1 is 1.29 bits per heavy atom. The number of halogens is 4. The Morgan fingerprint density at radius 3 is 2.79 bits per heavy atom. The number of piperazine rings is 1. The van der Waals surface area contributed by atoms with Crippen molar-refractivity contribution < 1.29 is 22.7 Å². The van der Waals surface area contributed by atoms with Gasteiger partial charge >= 0.3 is 6.18 Å². The fourth-order valence-electron chi connectivity index (χ4n) is 3.71. The monoisotopic (exact) mass is 494 g/mol. The number of aryl methyl sites for hydroxylation is 1. The molecule has 0 unspecified atom stereocenters. The van der Waals surface area contributed by atoms with Crippen LogP contribution in [0, 0.1) is 11.3 Å². The maximum Gasteiger partial charge on any atom is 0.419 e. The number of fused-ring (bicyclic) bond motifs is 1. The van der Waals surface area contributed by atoms with E-state index in [0.717, 1.165) is 6.07 Å². The Bertz CT molecular complexity index is 1240. The summed E-state index contributed by atoms with van der Waals surface area (Å²) in [5, 5.41) is 12.4. The van der Waals surface area contributed by atoms with Crippen molar-refractivity contribution in [2.75, 3.05) is 32.8 Å². The van der Waals surface area contributed by atoms with E-state index in [2.05, 4.69) is 15.3 Å². The SMILES string of the molecule is Cl.Cn1cnc2c(C#N)nc(-c3ccc(OCCCN4CCNCC4=O)c(C(F)(F)F)c3)cc21. The zero-order valence-electron chi connectivity index (χ0n) is 18.2. The van der Waals surface area contributed by atoms with Gasteiger partial charge in [-0.05, 0) is 30.7 Å². The second kappa shape index (κ2) is 10.3. The standard InChI is InChI=1S/C22H21F3N6O2.ClH/c1-30-13-28-21-17(11-26)29-16(10-18(21)30)14-3-4-19(15(9-14)22(23,24)25)33-8-2-6-31-7-5-27-12-20(31)32;/h3-4,9-10,13,27H,2,5-8,12H2,1H3;1H. The molecule has 0 atom stereocenters. The molecule has 34 heavy (non-hydrogen) atoms. The highest BCUT2D eigenvalue weighted by atomic mass is 35.5. The second-order valence-corrected chi connectivity index (χ2v) is 7.66. The van der Waals surface area contributed by atoms with E-state index in [9.17, 15) is 23.2 Å². The normalized spacial score (nSPS) is 14.1. The molecular weight excluding hydrogens is 473 g/mol. The summed E-state index contributed by atoms with van der Waals surface area (Å²) in [6.45, 7) is 1.99. The van der Waals surface area contributed by atoms with Gasteiger partial charge in [0.15, 0.2) is 5.69 Å². The number of rotatable bonds is 6. The molecule has 0 aliphatic carbocycles. The molecular formula is C22H22ClF3N6O2. The molecule has 180 valence electrons. The van der Waals surface area contributed by atoms with E-state index in [0.29, 0.717) is 37.1 Å². The van der Waals surface area contributed by atoms with Gasteiger partial charge in [0, 0.05) is 32.2 Å². The van der Waals surface area contributed by atoms with E-state index in [4.69, 9.17) is 4.74 Å². The first-order chi connectivity index (χ1) is 15.8. The van der Waals surface area contributed by atoms with Gasteiger partial charge in [-0.2, -0.15) is 18.4 Å². The number of imidazole rings is 1. The highest BCUT2D eigenvalue weighted by Crippen LogP contribution is 2.39. The van der Waals surface area contributed by atoms with E-state index in [1.807, 2.05) is 6.07 Å². The Hall–Kier alpha value is -3.36. The quantitative estimate of drug-likeness (QED) is 0.529. The molecule has 2 aromatic heterocycles. The average molecular weight is 495 g/mol. The number of alkyl halides is 3. The molecule has 8 nitrogen and oxygen atoms in total. The van der Waals surface area contributed by atoms with Crippen LogP contribution >= 0.6 is 12.4 Å². The minimum Gasteiger partial charge on any atom is -0.493 e. The molecule has 12 heteroatoms. The van der Waals surface area contributed by atoms with E-state index in [1.54, 1.807) is 22.6 Å². The molecule has 1 amide bonds. The first-order valence-electron chi connectivity index (χ1n) is 10.3. The number of hydrogen-bond acceptors (Lipinski definition) is 6. The zero-order valence-corrected chi connectivity index (χ0v) is 19.0. The van der Waals surface area contributed by atoms with Gasteiger partial charge < -0.3 is 19.5 Å². The van der Waals surface area contributed by atoms with Crippen LogP contribution in [0.5, 0.6) is 5.75 Å². The number of nitriles is 1. The molecule has 1 aliphatic rings. The van der Waals surface area contributed by atoms with Crippen molar-refractivity contribution in [1.82, 2.24) is 24.8 Å². The predicted molar refractivity (Wildman–Crippen MR) is 120 cm³/mol. The molecule has 1 aliphatic heterocycles. The third kappa shape index (κ3) is 5.24. The largest absolute Gasteiger partial charge is 0.493 e. The van der Waals surface area contributed by atoms with E-state index >= 15 is 0 Å². The second-order valence-electron chi connectivity index (χ2n) is 7.66. The van der Waals surface area contributed by atoms with Gasteiger partial charge in [-0.25, -0.2) is 9.97 Å². The predicted octanol–water partition coefficient (Wildman–Crippen LogP) is 3.15. The fraction of sp³-hybridized carbons (Fsp3) is 0.364. The van der Waals surface area contributed by atoms with Crippen molar-refractivity contribution in [2.24, 2.45) is 7.05 Å². The molecule has 3 heterocycles. The van der Waals surface area contributed by atoms with Crippen LogP contribution in [0.4, 0.5) is 13.2 Å². The van der Waals surface area contributed by atoms with E-state index < -0.39 is 11.7 Å². The van der Waals surface area contributed by atoms with Crippen LogP contribution in [-0.4, -0.2) is 58.1 Å². The lowest BCUT2D eigenvalue weighted by Crippen LogP contribution is -2.48. The van der Waals surface area contributed by atoms with E-state index in [-0.39, 0.29) is 54.2 Å². The van der Waals surface area contributed by atoms with Gasteiger partial charge in [0.2, 0.25) is 5.91 Å². The number of nitrogens with zero attached hydrogens (tertiary/aromatic N) is 5. The summed E-state index contributed by atoms with van der Waals surface area (Å²) in [4.78, 5) is 21.8. The van der Waals surface area contributed by atoms with Crippen molar-refractivity contribution in [1.29, 1.82) is 5.26 Å². The number of benzene rings is 1. The smallest absolute Gasteiger partial charge is 0.419 e. The molecule has 0 radical (unpaired) electrons. The Kier molecular flexibility index (Phi) is 7.64. The number of carbonyl (C=O) groups is 1. The summed E-state index contributed by atoms with van der Waals surface area (Å²) < 4.78 is 48.5. The number of pyridine rings is 1. The number of carbonyl (C=O) groups excluding carboxylic acids is 1. The molecule has 1 fully saturated rings. The minimum atomic E-state index is -4.64.